The molecule has 3 aromatic rings. The van der Waals surface area contributed by atoms with Crippen LogP contribution in [0.25, 0.3) is 0 Å². The molecule has 5 nitrogen and oxygen atoms in total. The molecule has 0 aromatic heterocycles. The maximum Gasteiger partial charge on any atom is 0.261 e. The fourth-order valence-electron chi connectivity index (χ4n) is 3.50. The summed E-state index contributed by atoms with van der Waals surface area (Å²) in [4.78, 5) is 12.4. The molecule has 0 aliphatic heterocycles. The fourth-order valence-corrected chi connectivity index (χ4v) is 5.46. The molecule has 168 valence electrons. The Bertz CT molecular complexity index is 1180. The van der Waals surface area contributed by atoms with Crippen LogP contribution in [0, 0.1) is 27.7 Å². The van der Waals surface area contributed by atoms with Crippen LogP contribution in [-0.2, 0) is 20.6 Å². The van der Waals surface area contributed by atoms with Crippen molar-refractivity contribution in [2.75, 3.05) is 15.8 Å². The lowest BCUT2D eigenvalue weighted by Gasteiger charge is -2.13. The summed E-state index contributed by atoms with van der Waals surface area (Å²) >= 11 is 1.54. The van der Waals surface area contributed by atoms with Crippen LogP contribution in [0.1, 0.15) is 27.8 Å². The van der Waals surface area contributed by atoms with Crippen molar-refractivity contribution in [1.29, 1.82) is 0 Å². The first-order valence-electron chi connectivity index (χ1n) is 10.3. The van der Waals surface area contributed by atoms with Crippen LogP contribution in [0.4, 0.5) is 11.4 Å². The van der Waals surface area contributed by atoms with Gasteiger partial charge in [0.05, 0.1) is 16.3 Å². The number of para-hydroxylation sites is 1. The van der Waals surface area contributed by atoms with Crippen LogP contribution >= 0.6 is 11.8 Å². The van der Waals surface area contributed by atoms with Gasteiger partial charge in [-0.3, -0.25) is 9.52 Å². The van der Waals surface area contributed by atoms with E-state index in [1.54, 1.807) is 23.9 Å². The van der Waals surface area contributed by atoms with Crippen LogP contribution in [-0.4, -0.2) is 20.1 Å². The summed E-state index contributed by atoms with van der Waals surface area (Å²) in [7, 11) is -3.72. The minimum atomic E-state index is -3.72. The number of rotatable bonds is 8. The average molecular weight is 469 g/mol. The number of carbonyl (C=O) groups is 1. The van der Waals surface area contributed by atoms with E-state index in [0.717, 1.165) is 16.9 Å². The van der Waals surface area contributed by atoms with E-state index in [4.69, 9.17) is 0 Å². The van der Waals surface area contributed by atoms with E-state index >= 15 is 0 Å². The molecule has 3 rings (SSSR count). The SMILES string of the molecule is Cc1cc(C)cc(CSCC(=O)Nc2ccc(S(=O)(=O)Nc3c(C)cccc3C)cc2)c1. The van der Waals surface area contributed by atoms with Gasteiger partial charge in [-0.2, -0.15) is 0 Å². The molecule has 32 heavy (non-hydrogen) atoms. The second kappa shape index (κ2) is 10.2. The fraction of sp³-hybridized carbons (Fsp3) is 0.240. The second-order valence-electron chi connectivity index (χ2n) is 7.93. The Balaban J connectivity index is 1.57. The van der Waals surface area contributed by atoms with Gasteiger partial charge >= 0.3 is 0 Å². The summed E-state index contributed by atoms with van der Waals surface area (Å²) in [6, 6.07) is 18.2. The van der Waals surface area contributed by atoms with Crippen LogP contribution in [0.3, 0.4) is 0 Å². The van der Waals surface area contributed by atoms with E-state index in [2.05, 4.69) is 42.1 Å². The standard InChI is InChI=1S/C25H28N2O3S2/c1-17-12-18(2)14-21(13-17)15-31-16-24(28)26-22-8-10-23(11-9-22)32(29,30)27-25-19(3)6-5-7-20(25)4/h5-14,27H,15-16H2,1-4H3,(H,26,28). The Hall–Kier alpha value is -2.77. The van der Waals surface area contributed by atoms with Gasteiger partial charge < -0.3 is 5.32 Å². The van der Waals surface area contributed by atoms with E-state index in [1.165, 1.54) is 28.8 Å². The van der Waals surface area contributed by atoms with E-state index in [9.17, 15) is 13.2 Å². The summed E-state index contributed by atoms with van der Waals surface area (Å²) in [5, 5.41) is 2.82. The Kier molecular flexibility index (Phi) is 7.64. The molecule has 0 fully saturated rings. The molecule has 0 saturated heterocycles. The highest BCUT2D eigenvalue weighted by Gasteiger charge is 2.16. The number of anilines is 2. The molecule has 0 unspecified atom stereocenters. The van der Waals surface area contributed by atoms with Gasteiger partial charge in [0.1, 0.15) is 0 Å². The number of amides is 1. The van der Waals surface area contributed by atoms with Crippen LogP contribution in [0.5, 0.6) is 0 Å². The second-order valence-corrected chi connectivity index (χ2v) is 10.6. The minimum absolute atomic E-state index is 0.122. The molecule has 1 amide bonds. The predicted octanol–water partition coefficient (Wildman–Crippen LogP) is 5.59. The molecule has 3 aromatic carbocycles. The highest BCUT2D eigenvalue weighted by molar-refractivity contribution is 7.99. The molecule has 0 saturated carbocycles. The summed E-state index contributed by atoms with van der Waals surface area (Å²) in [5.41, 5.74) is 6.50. The number of aryl methyl sites for hydroxylation is 4. The summed E-state index contributed by atoms with van der Waals surface area (Å²) in [6.07, 6.45) is 0. The average Bonchev–Trinajstić information content (AvgIpc) is 2.70. The number of sulfonamides is 1. The van der Waals surface area contributed by atoms with Crippen molar-refractivity contribution in [3.05, 3.63) is 88.5 Å². The maximum absolute atomic E-state index is 12.8. The normalized spacial score (nSPS) is 11.2. The van der Waals surface area contributed by atoms with E-state index in [1.807, 2.05) is 32.0 Å². The third-order valence-electron chi connectivity index (χ3n) is 4.95. The Morgan fingerprint density at radius 2 is 1.47 bits per heavy atom. The van der Waals surface area contributed by atoms with Gasteiger partial charge in [-0.1, -0.05) is 47.5 Å². The van der Waals surface area contributed by atoms with Crippen LogP contribution < -0.4 is 10.0 Å². The molecule has 0 bridgehead atoms. The third kappa shape index (κ3) is 6.37. The first kappa shape index (κ1) is 23.9. The molecule has 0 radical (unpaired) electrons. The zero-order valence-corrected chi connectivity index (χ0v) is 20.4. The first-order chi connectivity index (χ1) is 15.1. The first-order valence-corrected chi connectivity index (χ1v) is 12.9. The van der Waals surface area contributed by atoms with Gasteiger partial charge in [0.2, 0.25) is 5.91 Å². The summed E-state index contributed by atoms with van der Waals surface area (Å²) < 4.78 is 28.2. The third-order valence-corrected chi connectivity index (χ3v) is 7.32. The van der Waals surface area contributed by atoms with Gasteiger partial charge in [0.15, 0.2) is 0 Å². The molecule has 0 aliphatic rings. The molecule has 0 spiro atoms. The molecular formula is C25H28N2O3S2. The van der Waals surface area contributed by atoms with E-state index < -0.39 is 10.0 Å². The predicted molar refractivity (Wildman–Crippen MR) is 134 cm³/mol. The number of thioether (sulfide) groups is 1. The van der Waals surface area contributed by atoms with Crippen molar-refractivity contribution in [2.24, 2.45) is 0 Å². The smallest absolute Gasteiger partial charge is 0.261 e. The summed E-state index contributed by atoms with van der Waals surface area (Å²) in [5.74, 6) is 0.960. The van der Waals surface area contributed by atoms with Crippen molar-refractivity contribution in [2.45, 2.75) is 38.3 Å². The highest BCUT2D eigenvalue weighted by atomic mass is 32.2. The van der Waals surface area contributed by atoms with Gasteiger partial charge in [-0.25, -0.2) is 8.42 Å². The Labute approximate surface area is 194 Å². The number of benzene rings is 3. The zero-order chi connectivity index (χ0) is 23.3. The topological polar surface area (TPSA) is 75.3 Å². The quantitative estimate of drug-likeness (QED) is 0.452. The zero-order valence-electron chi connectivity index (χ0n) is 18.7. The van der Waals surface area contributed by atoms with Gasteiger partial charge in [-0.05, 0) is 68.7 Å². The molecule has 7 heteroatoms. The molecule has 0 aliphatic carbocycles. The Morgan fingerprint density at radius 3 is 2.06 bits per heavy atom. The lowest BCUT2D eigenvalue weighted by atomic mass is 10.1. The van der Waals surface area contributed by atoms with Crippen molar-refractivity contribution in [3.8, 4) is 0 Å². The lowest BCUT2D eigenvalue weighted by Crippen LogP contribution is -2.16. The van der Waals surface area contributed by atoms with Crippen LogP contribution in [0.15, 0.2) is 65.6 Å². The molecule has 2 N–H and O–H groups in total. The lowest BCUT2D eigenvalue weighted by molar-refractivity contribution is -0.113. The molecule has 0 atom stereocenters. The van der Waals surface area contributed by atoms with Crippen molar-refractivity contribution in [1.82, 2.24) is 0 Å². The number of carbonyl (C=O) groups excluding carboxylic acids is 1. The number of hydrogen-bond acceptors (Lipinski definition) is 4. The van der Waals surface area contributed by atoms with Crippen LogP contribution in [0.2, 0.25) is 0 Å². The molecule has 0 heterocycles. The van der Waals surface area contributed by atoms with Crippen molar-refractivity contribution >= 4 is 39.1 Å². The monoisotopic (exact) mass is 468 g/mol. The largest absolute Gasteiger partial charge is 0.325 e. The van der Waals surface area contributed by atoms with Gasteiger partial charge in [-0.15, -0.1) is 11.8 Å². The highest BCUT2D eigenvalue weighted by Crippen LogP contribution is 2.24. The van der Waals surface area contributed by atoms with Gasteiger partial charge in [0, 0.05) is 11.4 Å². The van der Waals surface area contributed by atoms with Crippen molar-refractivity contribution < 1.29 is 13.2 Å². The number of hydrogen-bond donors (Lipinski definition) is 2. The summed E-state index contributed by atoms with van der Waals surface area (Å²) in [6.45, 7) is 7.86. The van der Waals surface area contributed by atoms with Crippen molar-refractivity contribution in [3.63, 3.8) is 0 Å². The molecular weight excluding hydrogens is 440 g/mol. The maximum atomic E-state index is 12.8. The minimum Gasteiger partial charge on any atom is -0.325 e. The van der Waals surface area contributed by atoms with E-state index in [-0.39, 0.29) is 10.8 Å². The van der Waals surface area contributed by atoms with Gasteiger partial charge in [0.25, 0.3) is 10.0 Å². The Morgan fingerprint density at radius 1 is 0.875 bits per heavy atom. The number of nitrogens with one attached hydrogen (secondary N) is 2. The van der Waals surface area contributed by atoms with E-state index in [0.29, 0.717) is 17.1 Å².